The van der Waals surface area contributed by atoms with Gasteiger partial charge in [0, 0.05) is 39.2 Å². The lowest BCUT2D eigenvalue weighted by atomic mass is 10.1. The minimum absolute atomic E-state index is 0.0162. The van der Waals surface area contributed by atoms with E-state index in [1.54, 1.807) is 28.0 Å². The van der Waals surface area contributed by atoms with Gasteiger partial charge in [0.25, 0.3) is 5.91 Å². The topological polar surface area (TPSA) is 49.9 Å². The number of ether oxygens (including phenoxy) is 1. The molecule has 1 aromatic rings. The summed E-state index contributed by atoms with van der Waals surface area (Å²) in [4.78, 5) is 28.1. The van der Waals surface area contributed by atoms with Crippen molar-refractivity contribution in [1.82, 2.24) is 9.80 Å². The maximum absolute atomic E-state index is 13.6. The smallest absolute Gasteiger partial charge is 0.251 e. The molecule has 2 heterocycles. The molecule has 2 fully saturated rings. The minimum Gasteiger partial charge on any atom is -0.368 e. The molecule has 1 atom stereocenters. The van der Waals surface area contributed by atoms with E-state index in [1.165, 1.54) is 6.07 Å². The Labute approximate surface area is 141 Å². The SMILES string of the molecule is O=C(CCc1ccccc1F)N1CCN(C(=O)C2CCCO2)CC1. The molecule has 0 saturated carbocycles. The van der Waals surface area contributed by atoms with Gasteiger partial charge in [-0.05, 0) is 30.9 Å². The third-order valence-corrected chi connectivity index (χ3v) is 4.72. The molecule has 2 aliphatic heterocycles. The summed E-state index contributed by atoms with van der Waals surface area (Å²) in [5, 5.41) is 0. The molecule has 2 amide bonds. The van der Waals surface area contributed by atoms with Crippen molar-refractivity contribution in [1.29, 1.82) is 0 Å². The molecule has 6 heteroatoms. The fourth-order valence-corrected chi connectivity index (χ4v) is 3.25. The first-order valence-corrected chi connectivity index (χ1v) is 8.57. The number of benzene rings is 1. The van der Waals surface area contributed by atoms with Crippen LogP contribution in [0.3, 0.4) is 0 Å². The van der Waals surface area contributed by atoms with Crippen LogP contribution in [0.5, 0.6) is 0 Å². The Morgan fingerprint density at radius 2 is 1.83 bits per heavy atom. The quantitative estimate of drug-likeness (QED) is 0.840. The Bertz CT molecular complexity index is 594. The molecular weight excluding hydrogens is 311 g/mol. The Balaban J connectivity index is 1.45. The number of nitrogens with zero attached hydrogens (tertiary/aromatic N) is 2. The van der Waals surface area contributed by atoms with Gasteiger partial charge in [-0.15, -0.1) is 0 Å². The molecule has 2 aliphatic rings. The van der Waals surface area contributed by atoms with Crippen LogP contribution in [0.4, 0.5) is 4.39 Å². The number of halogens is 1. The number of amides is 2. The van der Waals surface area contributed by atoms with Crippen LogP contribution in [0.2, 0.25) is 0 Å². The van der Waals surface area contributed by atoms with E-state index < -0.39 is 0 Å². The summed E-state index contributed by atoms with van der Waals surface area (Å²) < 4.78 is 19.0. The van der Waals surface area contributed by atoms with Crippen molar-refractivity contribution >= 4 is 11.8 Å². The number of aryl methyl sites for hydroxylation is 1. The summed E-state index contributed by atoms with van der Waals surface area (Å²) in [7, 11) is 0. The van der Waals surface area contributed by atoms with Gasteiger partial charge >= 0.3 is 0 Å². The van der Waals surface area contributed by atoms with Crippen LogP contribution in [0.1, 0.15) is 24.8 Å². The summed E-state index contributed by atoms with van der Waals surface area (Å²) in [6.07, 6.45) is 2.13. The summed E-state index contributed by atoms with van der Waals surface area (Å²) in [5.74, 6) is -0.203. The molecule has 1 unspecified atom stereocenters. The lowest BCUT2D eigenvalue weighted by molar-refractivity contribution is -0.146. The van der Waals surface area contributed by atoms with Crippen molar-refractivity contribution in [2.45, 2.75) is 31.8 Å². The molecule has 0 N–H and O–H groups in total. The zero-order valence-corrected chi connectivity index (χ0v) is 13.7. The molecule has 0 spiro atoms. The first-order valence-electron chi connectivity index (χ1n) is 8.57. The molecule has 2 saturated heterocycles. The van der Waals surface area contributed by atoms with Crippen molar-refractivity contribution in [3.63, 3.8) is 0 Å². The molecule has 0 aromatic heterocycles. The predicted molar refractivity (Wildman–Crippen MR) is 86.9 cm³/mol. The highest BCUT2D eigenvalue weighted by molar-refractivity contribution is 5.82. The molecule has 5 nitrogen and oxygen atoms in total. The first-order chi connectivity index (χ1) is 11.6. The Hall–Kier alpha value is -1.95. The van der Waals surface area contributed by atoms with Gasteiger partial charge in [-0.1, -0.05) is 18.2 Å². The standard InChI is InChI=1S/C18H23FN2O3/c19-15-5-2-1-4-14(15)7-8-17(22)20-9-11-21(12-10-20)18(23)16-6-3-13-24-16/h1-2,4-5,16H,3,6-13H2. The van der Waals surface area contributed by atoms with Crippen LogP contribution in [-0.2, 0) is 20.7 Å². The van der Waals surface area contributed by atoms with Crippen molar-refractivity contribution in [2.24, 2.45) is 0 Å². The lowest BCUT2D eigenvalue weighted by Crippen LogP contribution is -2.52. The van der Waals surface area contributed by atoms with Gasteiger partial charge in [-0.3, -0.25) is 9.59 Å². The number of rotatable bonds is 4. The van der Waals surface area contributed by atoms with Gasteiger partial charge < -0.3 is 14.5 Å². The van der Waals surface area contributed by atoms with Gasteiger partial charge in [0.05, 0.1) is 0 Å². The second kappa shape index (κ2) is 7.75. The van der Waals surface area contributed by atoms with E-state index in [0.717, 1.165) is 12.8 Å². The summed E-state index contributed by atoms with van der Waals surface area (Å²) in [6.45, 7) is 2.82. The molecule has 0 aliphatic carbocycles. The Kier molecular flexibility index (Phi) is 5.45. The summed E-state index contributed by atoms with van der Waals surface area (Å²) in [5.41, 5.74) is 0.568. The second-order valence-corrected chi connectivity index (χ2v) is 6.30. The molecule has 130 valence electrons. The van der Waals surface area contributed by atoms with Crippen molar-refractivity contribution < 1.29 is 18.7 Å². The highest BCUT2D eigenvalue weighted by Gasteiger charge is 2.31. The normalized spacial score (nSPS) is 21.1. The van der Waals surface area contributed by atoms with Gasteiger partial charge in [-0.2, -0.15) is 0 Å². The van der Waals surface area contributed by atoms with E-state index in [-0.39, 0.29) is 23.7 Å². The molecule has 24 heavy (non-hydrogen) atoms. The number of hydrogen-bond acceptors (Lipinski definition) is 3. The Morgan fingerprint density at radius 3 is 2.50 bits per heavy atom. The summed E-state index contributed by atoms with van der Waals surface area (Å²) >= 11 is 0. The molecule has 0 bridgehead atoms. The maximum Gasteiger partial charge on any atom is 0.251 e. The van der Waals surface area contributed by atoms with Gasteiger partial charge in [0.1, 0.15) is 11.9 Å². The van der Waals surface area contributed by atoms with Crippen LogP contribution in [0.15, 0.2) is 24.3 Å². The molecule has 3 rings (SSSR count). The highest BCUT2D eigenvalue weighted by atomic mass is 19.1. The third-order valence-electron chi connectivity index (χ3n) is 4.72. The van der Waals surface area contributed by atoms with Crippen LogP contribution >= 0.6 is 0 Å². The second-order valence-electron chi connectivity index (χ2n) is 6.30. The average Bonchev–Trinajstić information content (AvgIpc) is 3.15. The molecular formula is C18H23FN2O3. The number of carbonyl (C=O) groups excluding carboxylic acids is 2. The third kappa shape index (κ3) is 3.93. The van der Waals surface area contributed by atoms with E-state index in [0.29, 0.717) is 51.2 Å². The molecule has 0 radical (unpaired) electrons. The molecule has 1 aromatic carbocycles. The van der Waals surface area contributed by atoms with Crippen LogP contribution in [0, 0.1) is 5.82 Å². The average molecular weight is 334 g/mol. The van der Waals surface area contributed by atoms with Crippen LogP contribution in [0.25, 0.3) is 0 Å². The van der Waals surface area contributed by atoms with Crippen molar-refractivity contribution in [3.05, 3.63) is 35.6 Å². The summed E-state index contributed by atoms with van der Waals surface area (Å²) in [6, 6.07) is 6.54. The lowest BCUT2D eigenvalue weighted by Gasteiger charge is -2.35. The maximum atomic E-state index is 13.6. The van der Waals surface area contributed by atoms with Crippen molar-refractivity contribution in [2.75, 3.05) is 32.8 Å². The van der Waals surface area contributed by atoms with Crippen molar-refractivity contribution in [3.8, 4) is 0 Å². The number of piperazine rings is 1. The monoisotopic (exact) mass is 334 g/mol. The highest BCUT2D eigenvalue weighted by Crippen LogP contribution is 2.16. The van der Waals surface area contributed by atoms with Gasteiger partial charge in [0.15, 0.2) is 0 Å². The zero-order chi connectivity index (χ0) is 16.9. The van der Waals surface area contributed by atoms with E-state index in [4.69, 9.17) is 4.74 Å². The van der Waals surface area contributed by atoms with E-state index in [1.807, 2.05) is 0 Å². The predicted octanol–water partition coefficient (Wildman–Crippen LogP) is 1.61. The van der Waals surface area contributed by atoms with Crippen LogP contribution in [-0.4, -0.2) is 60.5 Å². The van der Waals surface area contributed by atoms with E-state index in [9.17, 15) is 14.0 Å². The first kappa shape index (κ1) is 16.9. The fraction of sp³-hybridized carbons (Fsp3) is 0.556. The van der Waals surface area contributed by atoms with Gasteiger partial charge in [-0.25, -0.2) is 4.39 Å². The van der Waals surface area contributed by atoms with E-state index >= 15 is 0 Å². The minimum atomic E-state index is -0.298. The Morgan fingerprint density at radius 1 is 1.12 bits per heavy atom. The van der Waals surface area contributed by atoms with E-state index in [2.05, 4.69) is 0 Å². The largest absolute Gasteiger partial charge is 0.368 e. The fourth-order valence-electron chi connectivity index (χ4n) is 3.25. The number of carbonyl (C=O) groups is 2. The van der Waals surface area contributed by atoms with Crippen LogP contribution < -0.4 is 0 Å². The number of hydrogen-bond donors (Lipinski definition) is 0. The van der Waals surface area contributed by atoms with Gasteiger partial charge in [0.2, 0.25) is 5.91 Å². The zero-order valence-electron chi connectivity index (χ0n) is 13.7.